The summed E-state index contributed by atoms with van der Waals surface area (Å²) in [4.78, 5) is 14.2. The number of aryl methyl sites for hydroxylation is 1. The molecule has 1 fully saturated rings. The Morgan fingerprint density at radius 1 is 1.29 bits per heavy atom. The molecule has 2 rings (SSSR count). The zero-order valence-electron chi connectivity index (χ0n) is 13.7. The summed E-state index contributed by atoms with van der Waals surface area (Å²) < 4.78 is 5.38. The van der Waals surface area contributed by atoms with Crippen LogP contribution in [0.5, 0.6) is 0 Å². The fraction of sp³-hybridized carbons (Fsp3) is 0.611. The lowest BCUT2D eigenvalue weighted by atomic mass is 9.86. The second-order valence-corrected chi connectivity index (χ2v) is 6.96. The van der Waals surface area contributed by atoms with Crippen molar-refractivity contribution in [1.29, 1.82) is 0 Å². The molecule has 1 aromatic rings. The maximum atomic E-state index is 12.3. The van der Waals surface area contributed by atoms with Crippen molar-refractivity contribution in [3.63, 3.8) is 0 Å². The van der Waals surface area contributed by atoms with Crippen molar-refractivity contribution in [3.8, 4) is 0 Å². The highest BCUT2D eigenvalue weighted by Crippen LogP contribution is 2.22. The van der Waals surface area contributed by atoms with Crippen LogP contribution >= 0.6 is 0 Å². The second-order valence-electron chi connectivity index (χ2n) is 6.96. The lowest BCUT2D eigenvalue weighted by Gasteiger charge is -2.33. The molecule has 1 aliphatic rings. The van der Waals surface area contributed by atoms with Gasteiger partial charge in [-0.3, -0.25) is 4.79 Å². The van der Waals surface area contributed by atoms with Crippen LogP contribution < -0.4 is 0 Å². The zero-order valence-corrected chi connectivity index (χ0v) is 13.7. The first-order valence-corrected chi connectivity index (χ1v) is 7.84. The van der Waals surface area contributed by atoms with Gasteiger partial charge in [-0.1, -0.05) is 45.0 Å². The first-order valence-electron chi connectivity index (χ1n) is 7.84. The van der Waals surface area contributed by atoms with Crippen LogP contribution in [0.25, 0.3) is 0 Å². The molecule has 1 atom stereocenters. The van der Waals surface area contributed by atoms with E-state index in [9.17, 15) is 4.79 Å². The molecule has 116 valence electrons. The lowest BCUT2D eigenvalue weighted by molar-refractivity contribution is -0.139. The van der Waals surface area contributed by atoms with Gasteiger partial charge in [-0.25, -0.2) is 0 Å². The molecule has 1 saturated heterocycles. The standard InChI is InChI=1S/C18H27NO2/c1-14-13-21-12-11-19(14)17(20)10-7-15-5-8-16(9-6-15)18(2,3)4/h5-6,8-9,14H,7,10-13H2,1-4H3. The van der Waals surface area contributed by atoms with Crippen LogP contribution in [0.3, 0.4) is 0 Å². The second kappa shape index (κ2) is 6.61. The maximum Gasteiger partial charge on any atom is 0.223 e. The van der Waals surface area contributed by atoms with Crippen LogP contribution in [-0.2, 0) is 21.4 Å². The van der Waals surface area contributed by atoms with Crippen LogP contribution in [0.4, 0.5) is 0 Å². The van der Waals surface area contributed by atoms with Gasteiger partial charge in [0.05, 0.1) is 19.3 Å². The van der Waals surface area contributed by atoms with Crippen LogP contribution in [-0.4, -0.2) is 36.6 Å². The van der Waals surface area contributed by atoms with Crippen molar-refractivity contribution < 1.29 is 9.53 Å². The van der Waals surface area contributed by atoms with Gasteiger partial charge >= 0.3 is 0 Å². The van der Waals surface area contributed by atoms with Gasteiger partial charge in [0.2, 0.25) is 5.91 Å². The maximum absolute atomic E-state index is 12.3. The molecule has 1 unspecified atom stereocenters. The molecule has 0 spiro atoms. The Kier molecular flexibility index (Phi) is 5.04. The van der Waals surface area contributed by atoms with Gasteiger partial charge in [0.1, 0.15) is 0 Å². The number of rotatable bonds is 3. The summed E-state index contributed by atoms with van der Waals surface area (Å²) >= 11 is 0. The van der Waals surface area contributed by atoms with Gasteiger partial charge in [-0.2, -0.15) is 0 Å². The minimum Gasteiger partial charge on any atom is -0.377 e. The molecule has 0 bridgehead atoms. The number of amides is 1. The van der Waals surface area contributed by atoms with E-state index in [0.29, 0.717) is 19.6 Å². The predicted molar refractivity (Wildman–Crippen MR) is 85.5 cm³/mol. The highest BCUT2D eigenvalue weighted by molar-refractivity contribution is 5.76. The van der Waals surface area contributed by atoms with E-state index in [4.69, 9.17) is 4.74 Å². The van der Waals surface area contributed by atoms with Crippen molar-refractivity contribution in [2.24, 2.45) is 0 Å². The predicted octanol–water partition coefficient (Wildman–Crippen LogP) is 3.16. The summed E-state index contributed by atoms with van der Waals surface area (Å²) in [6.07, 6.45) is 1.40. The average molecular weight is 289 g/mol. The molecule has 0 radical (unpaired) electrons. The molecule has 0 saturated carbocycles. The van der Waals surface area contributed by atoms with E-state index in [0.717, 1.165) is 13.0 Å². The van der Waals surface area contributed by atoms with Crippen LogP contribution in [0.1, 0.15) is 45.2 Å². The summed E-state index contributed by atoms with van der Waals surface area (Å²) in [6, 6.07) is 8.86. The van der Waals surface area contributed by atoms with E-state index in [-0.39, 0.29) is 17.4 Å². The highest BCUT2D eigenvalue weighted by atomic mass is 16.5. The lowest BCUT2D eigenvalue weighted by Crippen LogP contribution is -2.47. The molecule has 3 nitrogen and oxygen atoms in total. The van der Waals surface area contributed by atoms with Gasteiger partial charge < -0.3 is 9.64 Å². The third-order valence-corrected chi connectivity index (χ3v) is 4.14. The van der Waals surface area contributed by atoms with Crippen LogP contribution in [0.15, 0.2) is 24.3 Å². The van der Waals surface area contributed by atoms with Crippen LogP contribution in [0, 0.1) is 0 Å². The Morgan fingerprint density at radius 2 is 1.95 bits per heavy atom. The normalized spacial score (nSPS) is 19.6. The summed E-state index contributed by atoms with van der Waals surface area (Å²) in [6.45, 7) is 10.7. The Balaban J connectivity index is 1.89. The zero-order chi connectivity index (χ0) is 15.5. The first-order chi connectivity index (χ1) is 9.88. The van der Waals surface area contributed by atoms with Crippen molar-refractivity contribution in [1.82, 2.24) is 4.90 Å². The Labute approximate surface area is 128 Å². The van der Waals surface area contributed by atoms with E-state index < -0.39 is 0 Å². The van der Waals surface area contributed by atoms with Crippen LogP contribution in [0.2, 0.25) is 0 Å². The molecule has 1 heterocycles. The number of hydrogen-bond donors (Lipinski definition) is 0. The van der Waals surface area contributed by atoms with Gasteiger partial charge in [-0.15, -0.1) is 0 Å². The van der Waals surface area contributed by atoms with Gasteiger partial charge in [0.15, 0.2) is 0 Å². The molecule has 21 heavy (non-hydrogen) atoms. The van der Waals surface area contributed by atoms with E-state index in [1.165, 1.54) is 11.1 Å². The summed E-state index contributed by atoms with van der Waals surface area (Å²) in [5, 5.41) is 0. The minimum atomic E-state index is 0.178. The molecule has 0 aromatic heterocycles. The molecular weight excluding hydrogens is 262 g/mol. The molecule has 1 aliphatic heterocycles. The summed E-state index contributed by atoms with van der Waals surface area (Å²) in [7, 11) is 0. The number of morpholine rings is 1. The number of carbonyl (C=O) groups is 1. The molecule has 0 N–H and O–H groups in total. The fourth-order valence-corrected chi connectivity index (χ4v) is 2.66. The Bertz CT molecular complexity index is 473. The highest BCUT2D eigenvalue weighted by Gasteiger charge is 2.23. The van der Waals surface area contributed by atoms with E-state index in [1.54, 1.807) is 0 Å². The fourth-order valence-electron chi connectivity index (χ4n) is 2.66. The summed E-state index contributed by atoms with van der Waals surface area (Å²) in [5.41, 5.74) is 2.74. The van der Waals surface area contributed by atoms with E-state index >= 15 is 0 Å². The van der Waals surface area contributed by atoms with Gasteiger partial charge in [-0.05, 0) is 29.9 Å². The molecule has 3 heteroatoms. The van der Waals surface area contributed by atoms with Gasteiger partial charge in [0.25, 0.3) is 0 Å². The number of hydrogen-bond acceptors (Lipinski definition) is 2. The molecule has 0 aliphatic carbocycles. The first kappa shape index (κ1) is 16.0. The van der Waals surface area contributed by atoms with E-state index in [2.05, 4.69) is 52.0 Å². The van der Waals surface area contributed by atoms with Crippen molar-refractivity contribution in [2.45, 2.75) is 52.0 Å². The van der Waals surface area contributed by atoms with Gasteiger partial charge in [0, 0.05) is 13.0 Å². The van der Waals surface area contributed by atoms with Crippen molar-refractivity contribution >= 4 is 5.91 Å². The average Bonchev–Trinajstić information content (AvgIpc) is 2.45. The molecular formula is C18H27NO2. The van der Waals surface area contributed by atoms with Crippen molar-refractivity contribution in [2.75, 3.05) is 19.8 Å². The molecule has 1 aromatic carbocycles. The number of carbonyl (C=O) groups excluding carboxylic acids is 1. The number of nitrogens with zero attached hydrogens (tertiary/aromatic N) is 1. The third-order valence-electron chi connectivity index (χ3n) is 4.14. The Hall–Kier alpha value is -1.35. The SMILES string of the molecule is CC1COCCN1C(=O)CCc1ccc(C(C)(C)C)cc1. The monoisotopic (exact) mass is 289 g/mol. The quantitative estimate of drug-likeness (QED) is 0.855. The van der Waals surface area contributed by atoms with Crippen molar-refractivity contribution in [3.05, 3.63) is 35.4 Å². The minimum absolute atomic E-state index is 0.178. The number of benzene rings is 1. The Morgan fingerprint density at radius 3 is 2.52 bits per heavy atom. The third kappa shape index (κ3) is 4.31. The molecule has 1 amide bonds. The topological polar surface area (TPSA) is 29.5 Å². The smallest absolute Gasteiger partial charge is 0.223 e. The summed E-state index contributed by atoms with van der Waals surface area (Å²) in [5.74, 6) is 0.241. The number of ether oxygens (including phenoxy) is 1. The van der Waals surface area contributed by atoms with E-state index in [1.807, 2.05) is 4.90 Å². The largest absolute Gasteiger partial charge is 0.377 e.